The Hall–Kier alpha value is -1.86. The van der Waals surface area contributed by atoms with E-state index in [-0.39, 0.29) is 5.75 Å². The van der Waals surface area contributed by atoms with Crippen LogP contribution in [0.4, 0.5) is 4.39 Å². The minimum absolute atomic E-state index is 0.0877. The molecule has 18 heavy (non-hydrogen) atoms. The Balaban J connectivity index is 2.40. The van der Waals surface area contributed by atoms with Gasteiger partial charge in [-0.1, -0.05) is 22.0 Å². The molecular weight excluding hydrogens is 297 g/mol. The summed E-state index contributed by atoms with van der Waals surface area (Å²) in [7, 11) is 0. The zero-order chi connectivity index (χ0) is 13.1. The van der Waals surface area contributed by atoms with Crippen molar-refractivity contribution in [3.05, 3.63) is 57.8 Å². The Labute approximate surface area is 113 Å². The molecule has 0 fully saturated rings. The van der Waals surface area contributed by atoms with Crippen molar-refractivity contribution >= 4 is 15.9 Å². The van der Waals surface area contributed by atoms with Crippen molar-refractivity contribution in [3.8, 4) is 17.6 Å². The molecule has 0 atom stereocenters. The summed E-state index contributed by atoms with van der Waals surface area (Å²) < 4.78 is 19.7. The van der Waals surface area contributed by atoms with E-state index in [4.69, 9.17) is 10.00 Å². The lowest BCUT2D eigenvalue weighted by atomic mass is 10.1. The number of benzene rings is 2. The molecule has 0 saturated heterocycles. The maximum absolute atomic E-state index is 13.5. The van der Waals surface area contributed by atoms with Gasteiger partial charge in [-0.3, -0.25) is 0 Å². The first-order valence-electron chi connectivity index (χ1n) is 5.24. The van der Waals surface area contributed by atoms with Gasteiger partial charge in [0, 0.05) is 4.47 Å². The Morgan fingerprint density at radius 1 is 1.17 bits per heavy atom. The third-order valence-corrected chi connectivity index (χ3v) is 2.86. The Morgan fingerprint density at radius 3 is 2.67 bits per heavy atom. The molecule has 2 aromatic carbocycles. The fourth-order valence-corrected chi connectivity index (χ4v) is 1.83. The molecule has 0 radical (unpaired) electrons. The summed E-state index contributed by atoms with van der Waals surface area (Å²) in [5, 5.41) is 9.01. The summed E-state index contributed by atoms with van der Waals surface area (Å²) in [6.07, 6.45) is 0. The van der Waals surface area contributed by atoms with Crippen LogP contribution < -0.4 is 4.74 Å². The van der Waals surface area contributed by atoms with E-state index in [0.29, 0.717) is 15.8 Å². The van der Waals surface area contributed by atoms with E-state index in [1.165, 1.54) is 12.1 Å². The van der Waals surface area contributed by atoms with Crippen molar-refractivity contribution in [2.45, 2.75) is 6.92 Å². The van der Waals surface area contributed by atoms with E-state index in [9.17, 15) is 4.39 Å². The number of nitriles is 1. The minimum atomic E-state index is -0.470. The second-order valence-electron chi connectivity index (χ2n) is 3.79. The summed E-state index contributed by atoms with van der Waals surface area (Å²) in [5.74, 6) is -0.0347. The van der Waals surface area contributed by atoms with Gasteiger partial charge in [-0.15, -0.1) is 0 Å². The van der Waals surface area contributed by atoms with Gasteiger partial charge in [0.05, 0.1) is 5.56 Å². The molecular formula is C14H9BrFNO. The standard InChI is InChI=1S/C14H9BrFNO/c1-9-2-5-13(10(6-9)8-17)18-14-7-11(15)3-4-12(14)16/h2-7H,1H3. The second kappa shape index (κ2) is 5.19. The molecule has 0 amide bonds. The molecule has 0 aliphatic rings. The third kappa shape index (κ3) is 2.69. The molecule has 2 nitrogen and oxygen atoms in total. The number of nitrogens with zero attached hydrogens (tertiary/aromatic N) is 1. The topological polar surface area (TPSA) is 33.0 Å². The molecule has 0 unspecified atom stereocenters. The van der Waals surface area contributed by atoms with Crippen LogP contribution in [0.2, 0.25) is 0 Å². The number of hydrogen-bond acceptors (Lipinski definition) is 2. The number of rotatable bonds is 2. The predicted molar refractivity (Wildman–Crippen MR) is 70.1 cm³/mol. The minimum Gasteiger partial charge on any atom is -0.453 e. The van der Waals surface area contributed by atoms with Crippen LogP contribution in [0.25, 0.3) is 0 Å². The summed E-state index contributed by atoms with van der Waals surface area (Å²) in [4.78, 5) is 0. The third-order valence-electron chi connectivity index (χ3n) is 2.37. The zero-order valence-corrected chi connectivity index (χ0v) is 11.2. The van der Waals surface area contributed by atoms with E-state index >= 15 is 0 Å². The van der Waals surface area contributed by atoms with Gasteiger partial charge in [-0.25, -0.2) is 4.39 Å². The lowest BCUT2D eigenvalue weighted by molar-refractivity contribution is 0.440. The maximum Gasteiger partial charge on any atom is 0.165 e. The Bertz CT molecular complexity index is 634. The van der Waals surface area contributed by atoms with Crippen molar-refractivity contribution in [2.75, 3.05) is 0 Å². The Morgan fingerprint density at radius 2 is 1.94 bits per heavy atom. The number of hydrogen-bond donors (Lipinski definition) is 0. The molecule has 0 N–H and O–H groups in total. The van der Waals surface area contributed by atoms with Gasteiger partial charge in [0.15, 0.2) is 11.6 Å². The molecule has 0 spiro atoms. The summed E-state index contributed by atoms with van der Waals surface area (Å²) >= 11 is 3.25. The van der Waals surface area contributed by atoms with E-state index in [2.05, 4.69) is 15.9 Å². The molecule has 0 aromatic heterocycles. The average molecular weight is 306 g/mol. The van der Waals surface area contributed by atoms with E-state index < -0.39 is 5.82 Å². The van der Waals surface area contributed by atoms with Crippen LogP contribution in [0.5, 0.6) is 11.5 Å². The van der Waals surface area contributed by atoms with Gasteiger partial charge in [0.1, 0.15) is 11.8 Å². The summed E-state index contributed by atoms with van der Waals surface area (Å²) in [6, 6.07) is 11.6. The molecule has 90 valence electrons. The molecule has 0 bridgehead atoms. The lowest BCUT2D eigenvalue weighted by Gasteiger charge is -2.09. The van der Waals surface area contributed by atoms with Crippen molar-refractivity contribution in [3.63, 3.8) is 0 Å². The van der Waals surface area contributed by atoms with Crippen LogP contribution in [0.3, 0.4) is 0 Å². The van der Waals surface area contributed by atoms with Crippen LogP contribution in [-0.2, 0) is 0 Å². The van der Waals surface area contributed by atoms with Crippen LogP contribution >= 0.6 is 15.9 Å². The van der Waals surface area contributed by atoms with E-state index in [1.54, 1.807) is 18.2 Å². The monoisotopic (exact) mass is 305 g/mol. The first-order chi connectivity index (χ1) is 8.60. The van der Waals surface area contributed by atoms with Crippen molar-refractivity contribution in [1.82, 2.24) is 0 Å². The highest BCUT2D eigenvalue weighted by molar-refractivity contribution is 9.10. The highest BCUT2D eigenvalue weighted by atomic mass is 79.9. The smallest absolute Gasteiger partial charge is 0.165 e. The van der Waals surface area contributed by atoms with E-state index in [1.807, 2.05) is 19.1 Å². The molecule has 0 heterocycles. The molecule has 2 rings (SSSR count). The van der Waals surface area contributed by atoms with Gasteiger partial charge in [-0.2, -0.15) is 5.26 Å². The van der Waals surface area contributed by atoms with E-state index in [0.717, 1.165) is 5.56 Å². The molecule has 0 saturated carbocycles. The summed E-state index contributed by atoms with van der Waals surface area (Å²) in [5.41, 5.74) is 1.34. The highest BCUT2D eigenvalue weighted by Crippen LogP contribution is 2.29. The fraction of sp³-hybridized carbons (Fsp3) is 0.0714. The van der Waals surface area contributed by atoms with Crippen molar-refractivity contribution in [2.24, 2.45) is 0 Å². The van der Waals surface area contributed by atoms with Crippen molar-refractivity contribution < 1.29 is 9.13 Å². The number of halogens is 2. The average Bonchev–Trinajstić information content (AvgIpc) is 2.36. The van der Waals surface area contributed by atoms with Crippen LogP contribution in [-0.4, -0.2) is 0 Å². The second-order valence-corrected chi connectivity index (χ2v) is 4.70. The summed E-state index contributed by atoms with van der Waals surface area (Å²) in [6.45, 7) is 1.88. The predicted octanol–water partition coefficient (Wildman–Crippen LogP) is 4.56. The first-order valence-corrected chi connectivity index (χ1v) is 6.03. The molecule has 0 aliphatic heterocycles. The first kappa shape index (κ1) is 12.6. The highest BCUT2D eigenvalue weighted by Gasteiger charge is 2.09. The normalized spacial score (nSPS) is 9.89. The lowest BCUT2D eigenvalue weighted by Crippen LogP contribution is -1.91. The van der Waals surface area contributed by atoms with Gasteiger partial charge in [-0.05, 0) is 42.8 Å². The fourth-order valence-electron chi connectivity index (χ4n) is 1.49. The Kier molecular flexibility index (Phi) is 3.63. The SMILES string of the molecule is Cc1ccc(Oc2cc(Br)ccc2F)c(C#N)c1. The maximum atomic E-state index is 13.5. The van der Waals surface area contributed by atoms with Gasteiger partial charge < -0.3 is 4.74 Å². The molecule has 0 aliphatic carbocycles. The van der Waals surface area contributed by atoms with Crippen LogP contribution in [0.1, 0.15) is 11.1 Å². The van der Waals surface area contributed by atoms with Crippen LogP contribution in [0.15, 0.2) is 40.9 Å². The number of aryl methyl sites for hydroxylation is 1. The van der Waals surface area contributed by atoms with Gasteiger partial charge in [0.25, 0.3) is 0 Å². The van der Waals surface area contributed by atoms with Crippen molar-refractivity contribution in [1.29, 1.82) is 5.26 Å². The van der Waals surface area contributed by atoms with Gasteiger partial charge >= 0.3 is 0 Å². The largest absolute Gasteiger partial charge is 0.453 e. The zero-order valence-electron chi connectivity index (χ0n) is 9.58. The molecule has 4 heteroatoms. The number of ether oxygens (including phenoxy) is 1. The molecule has 2 aromatic rings. The van der Waals surface area contributed by atoms with Gasteiger partial charge in [0.2, 0.25) is 0 Å². The quantitative estimate of drug-likeness (QED) is 0.815. The van der Waals surface area contributed by atoms with Crippen LogP contribution in [0, 0.1) is 24.1 Å².